The fourth-order valence-electron chi connectivity index (χ4n) is 3.66. The fourth-order valence-corrected chi connectivity index (χ4v) is 3.66. The van der Waals surface area contributed by atoms with Gasteiger partial charge in [-0.05, 0) is 37.5 Å². The first kappa shape index (κ1) is 22.3. The molecule has 0 unspecified atom stereocenters. The van der Waals surface area contributed by atoms with Crippen LogP contribution in [0.25, 0.3) is 5.57 Å². The van der Waals surface area contributed by atoms with Gasteiger partial charge in [-0.3, -0.25) is 14.5 Å². The van der Waals surface area contributed by atoms with Gasteiger partial charge in [0.2, 0.25) is 0 Å². The lowest BCUT2D eigenvalue weighted by molar-refractivity contribution is -0.138. The normalized spacial score (nSPS) is 17.3. The van der Waals surface area contributed by atoms with Gasteiger partial charge in [0.25, 0.3) is 11.8 Å². The molecule has 2 aliphatic heterocycles. The Kier molecular flexibility index (Phi) is 8.28. The zero-order valence-corrected chi connectivity index (χ0v) is 18.0. The molecule has 0 spiro atoms. The summed E-state index contributed by atoms with van der Waals surface area (Å²) in [4.78, 5) is 29.8. The molecule has 0 aromatic heterocycles. The maximum Gasteiger partial charge on any atom is 0.277 e. The maximum absolute atomic E-state index is 13.3. The smallest absolute Gasteiger partial charge is 0.277 e. The molecule has 164 valence electrons. The topological polar surface area (TPSA) is 68.3 Å². The summed E-state index contributed by atoms with van der Waals surface area (Å²) in [5, 5.41) is 0. The minimum Gasteiger partial charge on any atom is -0.494 e. The molecule has 3 rings (SSSR count). The van der Waals surface area contributed by atoms with Crippen LogP contribution in [0.3, 0.4) is 0 Å². The summed E-state index contributed by atoms with van der Waals surface area (Å²) in [5.74, 6) is 0.284. The van der Waals surface area contributed by atoms with E-state index in [-0.39, 0.29) is 11.8 Å². The van der Waals surface area contributed by atoms with E-state index in [0.29, 0.717) is 70.4 Å². The number of nitrogens with zero attached hydrogens (tertiary/aromatic N) is 2. The van der Waals surface area contributed by atoms with E-state index in [2.05, 4.69) is 6.92 Å². The molecule has 7 nitrogen and oxygen atoms in total. The Morgan fingerprint density at radius 1 is 0.967 bits per heavy atom. The van der Waals surface area contributed by atoms with Crippen molar-refractivity contribution in [3.05, 3.63) is 35.5 Å². The summed E-state index contributed by atoms with van der Waals surface area (Å²) in [6.07, 6.45) is 2.74. The molecule has 0 atom stereocenters. The second kappa shape index (κ2) is 11.1. The van der Waals surface area contributed by atoms with Gasteiger partial charge in [0.15, 0.2) is 0 Å². The summed E-state index contributed by atoms with van der Waals surface area (Å²) < 4.78 is 16.5. The Morgan fingerprint density at radius 2 is 1.67 bits per heavy atom. The highest BCUT2D eigenvalue weighted by Gasteiger charge is 2.41. The van der Waals surface area contributed by atoms with Gasteiger partial charge in [-0.15, -0.1) is 0 Å². The third-order valence-corrected chi connectivity index (χ3v) is 5.24. The quantitative estimate of drug-likeness (QED) is 0.408. The van der Waals surface area contributed by atoms with Crippen molar-refractivity contribution in [2.45, 2.75) is 33.1 Å². The average molecular weight is 417 g/mol. The van der Waals surface area contributed by atoms with Crippen molar-refractivity contribution in [3.8, 4) is 5.75 Å². The van der Waals surface area contributed by atoms with Crippen LogP contribution in [0.4, 0.5) is 0 Å². The highest BCUT2D eigenvalue weighted by molar-refractivity contribution is 6.35. The number of imide groups is 1. The van der Waals surface area contributed by atoms with Crippen LogP contribution in [0, 0.1) is 0 Å². The van der Waals surface area contributed by atoms with E-state index in [1.54, 1.807) is 0 Å². The number of amides is 2. The van der Waals surface area contributed by atoms with Crippen molar-refractivity contribution in [2.24, 2.45) is 0 Å². The van der Waals surface area contributed by atoms with Gasteiger partial charge in [-0.25, -0.2) is 0 Å². The first-order valence-corrected chi connectivity index (χ1v) is 10.9. The molecular weight excluding hydrogens is 384 g/mol. The van der Waals surface area contributed by atoms with Gasteiger partial charge in [-0.1, -0.05) is 25.5 Å². The molecule has 2 amide bonds. The van der Waals surface area contributed by atoms with E-state index >= 15 is 0 Å². The molecule has 0 bridgehead atoms. The van der Waals surface area contributed by atoms with E-state index in [1.807, 2.05) is 36.1 Å². The van der Waals surface area contributed by atoms with Crippen LogP contribution in [0.1, 0.15) is 38.7 Å². The number of carbonyl (C=O) groups excluding carboxylic acids is 2. The van der Waals surface area contributed by atoms with Crippen LogP contribution in [-0.2, 0) is 19.1 Å². The summed E-state index contributed by atoms with van der Waals surface area (Å²) in [5.41, 5.74) is 1.69. The van der Waals surface area contributed by atoms with Crippen LogP contribution in [0.15, 0.2) is 30.0 Å². The Balaban J connectivity index is 1.78. The Labute approximate surface area is 178 Å². The van der Waals surface area contributed by atoms with Crippen LogP contribution < -0.4 is 4.74 Å². The van der Waals surface area contributed by atoms with Crippen molar-refractivity contribution in [2.75, 3.05) is 52.7 Å². The lowest BCUT2D eigenvalue weighted by Gasteiger charge is -2.29. The minimum absolute atomic E-state index is 0.223. The van der Waals surface area contributed by atoms with Gasteiger partial charge in [-0.2, -0.15) is 0 Å². The summed E-state index contributed by atoms with van der Waals surface area (Å²) >= 11 is 0. The van der Waals surface area contributed by atoms with Crippen LogP contribution in [0.5, 0.6) is 5.75 Å². The number of morpholine rings is 1. The number of rotatable bonds is 11. The Bertz CT molecular complexity index is 753. The second-order valence-electron chi connectivity index (χ2n) is 7.36. The van der Waals surface area contributed by atoms with Crippen molar-refractivity contribution in [1.29, 1.82) is 0 Å². The van der Waals surface area contributed by atoms with Crippen molar-refractivity contribution in [3.63, 3.8) is 0 Å². The molecule has 1 fully saturated rings. The van der Waals surface area contributed by atoms with E-state index in [9.17, 15) is 9.59 Å². The zero-order chi connectivity index (χ0) is 21.3. The predicted molar refractivity (Wildman–Crippen MR) is 114 cm³/mol. The van der Waals surface area contributed by atoms with Crippen LogP contribution in [-0.4, -0.2) is 74.3 Å². The third kappa shape index (κ3) is 5.21. The van der Waals surface area contributed by atoms with Gasteiger partial charge >= 0.3 is 0 Å². The summed E-state index contributed by atoms with van der Waals surface area (Å²) in [6, 6.07) is 7.38. The molecule has 2 heterocycles. The lowest BCUT2D eigenvalue weighted by Crippen LogP contribution is -2.40. The number of hydrogen-bond donors (Lipinski definition) is 0. The number of ether oxygens (including phenoxy) is 3. The molecule has 2 aliphatic rings. The maximum atomic E-state index is 13.3. The van der Waals surface area contributed by atoms with E-state index in [0.717, 1.165) is 24.2 Å². The molecule has 30 heavy (non-hydrogen) atoms. The first-order chi connectivity index (χ1) is 14.7. The van der Waals surface area contributed by atoms with Crippen molar-refractivity contribution in [1.82, 2.24) is 9.80 Å². The van der Waals surface area contributed by atoms with Crippen molar-refractivity contribution >= 4 is 17.4 Å². The highest BCUT2D eigenvalue weighted by atomic mass is 16.5. The van der Waals surface area contributed by atoms with E-state index in [1.165, 1.54) is 4.90 Å². The molecular formula is C23H32N2O5. The number of hydrogen-bond acceptors (Lipinski definition) is 6. The molecule has 1 aromatic rings. The third-order valence-electron chi connectivity index (χ3n) is 5.24. The SMILES string of the molecule is CCCCOCCCN1C(=O)C(c2ccc(OCC)cc2)=C(N2CCOCC2)C1=O. The monoisotopic (exact) mass is 416 g/mol. The standard InChI is InChI=1S/C23H32N2O5/c1-3-5-14-28-15-6-11-25-22(26)20(18-7-9-19(10-8-18)30-4-2)21(23(25)27)24-12-16-29-17-13-24/h7-10H,3-6,11-17H2,1-2H3. The van der Waals surface area contributed by atoms with Gasteiger partial charge in [0, 0.05) is 32.8 Å². The Morgan fingerprint density at radius 3 is 2.33 bits per heavy atom. The largest absolute Gasteiger partial charge is 0.494 e. The minimum atomic E-state index is -0.237. The zero-order valence-electron chi connectivity index (χ0n) is 18.0. The molecule has 1 saturated heterocycles. The van der Waals surface area contributed by atoms with E-state index < -0.39 is 0 Å². The van der Waals surface area contributed by atoms with Gasteiger partial charge < -0.3 is 19.1 Å². The van der Waals surface area contributed by atoms with Crippen LogP contribution >= 0.6 is 0 Å². The molecule has 0 radical (unpaired) electrons. The second-order valence-corrected chi connectivity index (χ2v) is 7.36. The summed E-state index contributed by atoms with van der Waals surface area (Å²) in [6.45, 7) is 8.54. The Hall–Kier alpha value is -2.38. The number of benzene rings is 1. The predicted octanol–water partition coefficient (Wildman–Crippen LogP) is 2.70. The summed E-state index contributed by atoms with van der Waals surface area (Å²) in [7, 11) is 0. The lowest BCUT2D eigenvalue weighted by atomic mass is 10.0. The first-order valence-electron chi connectivity index (χ1n) is 10.9. The molecule has 0 saturated carbocycles. The van der Waals surface area contributed by atoms with Crippen LogP contribution in [0.2, 0.25) is 0 Å². The highest BCUT2D eigenvalue weighted by Crippen LogP contribution is 2.33. The average Bonchev–Trinajstić information content (AvgIpc) is 3.02. The number of carbonyl (C=O) groups is 2. The molecule has 0 aliphatic carbocycles. The fraction of sp³-hybridized carbons (Fsp3) is 0.565. The van der Waals surface area contributed by atoms with Gasteiger partial charge in [0.1, 0.15) is 11.4 Å². The molecule has 0 N–H and O–H groups in total. The van der Waals surface area contributed by atoms with E-state index in [4.69, 9.17) is 14.2 Å². The van der Waals surface area contributed by atoms with Gasteiger partial charge in [0.05, 0.1) is 25.4 Å². The molecule has 7 heteroatoms. The number of unbranched alkanes of at least 4 members (excludes halogenated alkanes) is 1. The molecule has 1 aromatic carbocycles. The van der Waals surface area contributed by atoms with Crippen molar-refractivity contribution < 1.29 is 23.8 Å².